The van der Waals surface area contributed by atoms with E-state index < -0.39 is 10.0 Å². The molecule has 2 aromatic rings. The van der Waals surface area contributed by atoms with Crippen molar-refractivity contribution in [1.29, 1.82) is 0 Å². The van der Waals surface area contributed by atoms with Gasteiger partial charge in [-0.05, 0) is 31.9 Å². The second kappa shape index (κ2) is 5.65. The van der Waals surface area contributed by atoms with Crippen molar-refractivity contribution in [3.05, 3.63) is 36.0 Å². The molecule has 0 radical (unpaired) electrons. The summed E-state index contributed by atoms with van der Waals surface area (Å²) in [6.07, 6.45) is 6.89. The normalized spacial score (nSPS) is 16.9. The van der Waals surface area contributed by atoms with Gasteiger partial charge in [0.1, 0.15) is 10.7 Å². The van der Waals surface area contributed by atoms with E-state index in [1.54, 1.807) is 29.6 Å². The van der Waals surface area contributed by atoms with Crippen LogP contribution in [-0.2, 0) is 16.6 Å². The summed E-state index contributed by atoms with van der Waals surface area (Å²) in [4.78, 5) is 0.251. The fourth-order valence-corrected chi connectivity index (χ4v) is 4.66. The Morgan fingerprint density at radius 2 is 2.19 bits per heavy atom. The van der Waals surface area contributed by atoms with Crippen molar-refractivity contribution < 1.29 is 12.8 Å². The third kappa shape index (κ3) is 2.75. The van der Waals surface area contributed by atoms with Crippen LogP contribution in [0.4, 0.5) is 0 Å². The highest BCUT2D eigenvalue weighted by Gasteiger charge is 2.35. The lowest BCUT2D eigenvalue weighted by atomic mass is 10.2. The number of furan rings is 1. The number of rotatable bonds is 5. The molecule has 0 atom stereocenters. The summed E-state index contributed by atoms with van der Waals surface area (Å²) in [7, 11) is -3.57. The Bertz CT molecular complexity index is 685. The van der Waals surface area contributed by atoms with E-state index in [1.807, 2.05) is 0 Å². The van der Waals surface area contributed by atoms with Crippen LogP contribution >= 0.6 is 0 Å². The van der Waals surface area contributed by atoms with Gasteiger partial charge in [0.15, 0.2) is 0 Å². The van der Waals surface area contributed by atoms with Gasteiger partial charge < -0.3 is 4.42 Å². The third-order valence-corrected chi connectivity index (χ3v) is 6.01. The molecular formula is C14H19N3O3S. The van der Waals surface area contributed by atoms with Gasteiger partial charge in [-0.25, -0.2) is 8.42 Å². The van der Waals surface area contributed by atoms with Crippen molar-refractivity contribution in [3.63, 3.8) is 0 Å². The molecule has 0 aliphatic heterocycles. The summed E-state index contributed by atoms with van der Waals surface area (Å²) in [5.41, 5.74) is 0.567. The minimum Gasteiger partial charge on any atom is -0.468 e. The molecule has 3 rings (SSSR count). The first-order valence-corrected chi connectivity index (χ1v) is 8.57. The maximum Gasteiger partial charge on any atom is 0.247 e. The van der Waals surface area contributed by atoms with E-state index in [2.05, 4.69) is 10.2 Å². The maximum atomic E-state index is 13.0. The van der Waals surface area contributed by atoms with Gasteiger partial charge in [-0.2, -0.15) is 9.40 Å². The Kier molecular flexibility index (Phi) is 3.86. The summed E-state index contributed by atoms with van der Waals surface area (Å²) in [5.74, 6) is 0.659. The molecule has 0 unspecified atom stereocenters. The summed E-state index contributed by atoms with van der Waals surface area (Å²) >= 11 is 0. The molecule has 1 aliphatic rings. The van der Waals surface area contributed by atoms with Gasteiger partial charge in [-0.3, -0.25) is 5.10 Å². The van der Waals surface area contributed by atoms with E-state index in [0.29, 0.717) is 11.5 Å². The van der Waals surface area contributed by atoms with Crippen molar-refractivity contribution in [2.75, 3.05) is 0 Å². The summed E-state index contributed by atoms with van der Waals surface area (Å²) in [5, 5.41) is 6.54. The molecule has 1 saturated carbocycles. The third-order valence-electron chi connectivity index (χ3n) is 3.99. The van der Waals surface area contributed by atoms with E-state index in [9.17, 15) is 8.42 Å². The Morgan fingerprint density at radius 1 is 1.43 bits per heavy atom. The van der Waals surface area contributed by atoms with Crippen LogP contribution < -0.4 is 0 Å². The molecule has 2 heterocycles. The molecule has 1 aliphatic carbocycles. The molecule has 0 amide bonds. The predicted molar refractivity (Wildman–Crippen MR) is 77.0 cm³/mol. The zero-order chi connectivity index (χ0) is 14.9. The number of nitrogens with one attached hydrogen (secondary N) is 1. The fraction of sp³-hybridized carbons (Fsp3) is 0.500. The van der Waals surface area contributed by atoms with Gasteiger partial charge >= 0.3 is 0 Å². The lowest BCUT2D eigenvalue weighted by molar-refractivity contribution is 0.292. The topological polar surface area (TPSA) is 79.2 Å². The highest BCUT2D eigenvalue weighted by atomic mass is 32.2. The Hall–Kier alpha value is -1.60. The van der Waals surface area contributed by atoms with Crippen LogP contribution in [0.5, 0.6) is 0 Å². The number of aromatic amines is 1. The minimum absolute atomic E-state index is 0.0365. The number of H-pyrrole nitrogens is 1. The molecule has 6 nitrogen and oxygen atoms in total. The first-order valence-electron chi connectivity index (χ1n) is 7.13. The molecule has 7 heteroatoms. The van der Waals surface area contributed by atoms with Crippen LogP contribution in [0.3, 0.4) is 0 Å². The minimum atomic E-state index is -3.57. The van der Waals surface area contributed by atoms with Crippen LogP contribution in [-0.4, -0.2) is 29.0 Å². The van der Waals surface area contributed by atoms with Gasteiger partial charge in [-0.15, -0.1) is 0 Å². The molecular weight excluding hydrogens is 290 g/mol. The molecule has 21 heavy (non-hydrogen) atoms. The molecule has 0 bridgehead atoms. The maximum absolute atomic E-state index is 13.0. The van der Waals surface area contributed by atoms with Crippen molar-refractivity contribution >= 4 is 10.0 Å². The number of hydrogen-bond donors (Lipinski definition) is 1. The van der Waals surface area contributed by atoms with Crippen LogP contribution in [0, 0.1) is 6.92 Å². The zero-order valence-electron chi connectivity index (χ0n) is 11.9. The monoisotopic (exact) mass is 309 g/mol. The van der Waals surface area contributed by atoms with Crippen LogP contribution in [0.15, 0.2) is 33.9 Å². The highest BCUT2D eigenvalue weighted by molar-refractivity contribution is 7.89. The molecule has 1 fully saturated rings. The quantitative estimate of drug-likeness (QED) is 0.920. The van der Waals surface area contributed by atoms with Gasteiger partial charge in [0.2, 0.25) is 10.0 Å². The van der Waals surface area contributed by atoms with E-state index in [0.717, 1.165) is 25.7 Å². The molecule has 0 spiro atoms. The number of nitrogens with zero attached hydrogens (tertiary/aromatic N) is 2. The Morgan fingerprint density at radius 3 is 2.76 bits per heavy atom. The molecule has 0 aromatic carbocycles. The van der Waals surface area contributed by atoms with Gasteiger partial charge in [-0.1, -0.05) is 12.8 Å². The predicted octanol–water partition coefficient (Wildman–Crippen LogP) is 2.44. The summed E-state index contributed by atoms with van der Waals surface area (Å²) in [6.45, 7) is 1.99. The SMILES string of the molecule is Cc1[nH]ncc1S(=O)(=O)N(Cc1ccco1)C1CCCC1. The van der Waals surface area contributed by atoms with Gasteiger partial charge in [0.05, 0.1) is 24.7 Å². The van der Waals surface area contributed by atoms with Crippen LogP contribution in [0.1, 0.15) is 37.1 Å². The number of aromatic nitrogens is 2. The lowest BCUT2D eigenvalue weighted by Gasteiger charge is -2.27. The fourth-order valence-electron chi connectivity index (χ4n) is 2.88. The number of hydrogen-bond acceptors (Lipinski definition) is 4. The van der Waals surface area contributed by atoms with Gasteiger partial charge in [0.25, 0.3) is 0 Å². The molecule has 1 N–H and O–H groups in total. The van der Waals surface area contributed by atoms with Crippen molar-refractivity contribution in [2.45, 2.75) is 50.1 Å². The second-order valence-electron chi connectivity index (χ2n) is 5.43. The number of sulfonamides is 1. The first kappa shape index (κ1) is 14.3. The van der Waals surface area contributed by atoms with E-state index in [-0.39, 0.29) is 17.5 Å². The molecule has 0 saturated heterocycles. The Labute approximate surface area is 124 Å². The van der Waals surface area contributed by atoms with Crippen molar-refractivity contribution in [1.82, 2.24) is 14.5 Å². The Balaban J connectivity index is 1.96. The lowest BCUT2D eigenvalue weighted by Crippen LogP contribution is -2.38. The summed E-state index contributed by atoms with van der Waals surface area (Å²) < 4.78 is 32.8. The van der Waals surface area contributed by atoms with Crippen LogP contribution in [0.25, 0.3) is 0 Å². The van der Waals surface area contributed by atoms with E-state index >= 15 is 0 Å². The zero-order valence-corrected chi connectivity index (χ0v) is 12.8. The van der Waals surface area contributed by atoms with E-state index in [1.165, 1.54) is 6.20 Å². The average molecular weight is 309 g/mol. The largest absolute Gasteiger partial charge is 0.468 e. The highest BCUT2D eigenvalue weighted by Crippen LogP contribution is 2.30. The first-order chi connectivity index (χ1) is 10.1. The van der Waals surface area contributed by atoms with Crippen molar-refractivity contribution in [2.24, 2.45) is 0 Å². The number of aryl methyl sites for hydroxylation is 1. The van der Waals surface area contributed by atoms with E-state index in [4.69, 9.17) is 4.42 Å². The standard InChI is InChI=1S/C14H19N3O3S/c1-11-14(9-15-16-11)21(18,19)17(12-5-2-3-6-12)10-13-7-4-8-20-13/h4,7-9,12H,2-3,5-6,10H2,1H3,(H,15,16). The molecule has 114 valence electrons. The summed E-state index contributed by atoms with van der Waals surface area (Å²) in [6, 6.07) is 3.62. The van der Waals surface area contributed by atoms with Gasteiger partial charge in [0, 0.05) is 6.04 Å². The second-order valence-corrected chi connectivity index (χ2v) is 7.29. The smallest absolute Gasteiger partial charge is 0.247 e. The molecule has 2 aromatic heterocycles. The van der Waals surface area contributed by atoms with Crippen LogP contribution in [0.2, 0.25) is 0 Å². The van der Waals surface area contributed by atoms with Crippen molar-refractivity contribution in [3.8, 4) is 0 Å². The average Bonchev–Trinajstić information content (AvgIpc) is 3.18.